The molecule has 11 heavy (non-hydrogen) atoms. The van der Waals surface area contributed by atoms with Crippen molar-refractivity contribution in [1.82, 2.24) is 0 Å². The van der Waals surface area contributed by atoms with E-state index in [9.17, 15) is 9.90 Å². The number of carbonyl (C=O) groups excluding carboxylic acids is 1. The number of ketones is 1. The summed E-state index contributed by atoms with van der Waals surface area (Å²) in [5.41, 5.74) is -0.139. The number of allylic oxidation sites excluding steroid dienone is 1. The van der Waals surface area contributed by atoms with Gasteiger partial charge in [-0.3, -0.25) is 4.79 Å². The van der Waals surface area contributed by atoms with Crippen molar-refractivity contribution in [2.75, 3.05) is 0 Å². The number of aliphatic hydroxyl groups excluding tert-OH is 1. The number of aliphatic hydroxyl groups is 1. The lowest BCUT2D eigenvalue weighted by atomic mass is 9.77. The third-order valence-electron chi connectivity index (χ3n) is 2.04. The summed E-state index contributed by atoms with van der Waals surface area (Å²) in [6.45, 7) is 5.89. The van der Waals surface area contributed by atoms with E-state index < -0.39 is 6.10 Å². The van der Waals surface area contributed by atoms with E-state index in [4.69, 9.17) is 0 Å². The Bertz CT molecular complexity index is 198. The second-order valence-electron chi connectivity index (χ2n) is 4.10. The molecule has 0 amide bonds. The third kappa shape index (κ3) is 1.51. The van der Waals surface area contributed by atoms with Crippen molar-refractivity contribution >= 4 is 5.78 Å². The molecule has 62 valence electrons. The Kier molecular flexibility index (Phi) is 1.89. The number of rotatable bonds is 0. The highest BCUT2D eigenvalue weighted by Crippen LogP contribution is 2.33. The van der Waals surface area contributed by atoms with Gasteiger partial charge in [-0.2, -0.15) is 0 Å². The molecule has 0 radical (unpaired) electrons. The summed E-state index contributed by atoms with van der Waals surface area (Å²) in [6, 6.07) is 0. The maximum Gasteiger partial charge on any atom is 0.161 e. The van der Waals surface area contributed by atoms with E-state index in [1.807, 2.05) is 20.8 Å². The second-order valence-corrected chi connectivity index (χ2v) is 4.10. The number of hydrogen-bond acceptors (Lipinski definition) is 2. The maximum atomic E-state index is 11.2. The quantitative estimate of drug-likeness (QED) is 0.568. The predicted octanol–water partition coefficient (Wildman–Crippen LogP) is 1.15. The van der Waals surface area contributed by atoms with Gasteiger partial charge in [-0.1, -0.05) is 26.8 Å². The smallest absolute Gasteiger partial charge is 0.161 e. The van der Waals surface area contributed by atoms with Gasteiger partial charge in [0.2, 0.25) is 0 Å². The maximum absolute atomic E-state index is 11.2. The van der Waals surface area contributed by atoms with Crippen LogP contribution in [0.2, 0.25) is 0 Å². The Morgan fingerprint density at radius 3 is 2.18 bits per heavy atom. The average molecular weight is 154 g/mol. The zero-order chi connectivity index (χ0) is 8.65. The zero-order valence-electron chi connectivity index (χ0n) is 7.16. The minimum Gasteiger partial charge on any atom is -0.388 e. The molecule has 0 aromatic carbocycles. The molecule has 0 aromatic rings. The van der Waals surface area contributed by atoms with Gasteiger partial charge in [0, 0.05) is 0 Å². The van der Waals surface area contributed by atoms with Crippen molar-refractivity contribution in [1.29, 1.82) is 0 Å². The van der Waals surface area contributed by atoms with Crippen molar-refractivity contribution < 1.29 is 9.90 Å². The fourth-order valence-electron chi connectivity index (χ4n) is 1.52. The number of hydrogen-bond donors (Lipinski definition) is 1. The monoisotopic (exact) mass is 154 g/mol. The summed E-state index contributed by atoms with van der Waals surface area (Å²) < 4.78 is 0. The van der Waals surface area contributed by atoms with Crippen molar-refractivity contribution in [3.63, 3.8) is 0 Å². The van der Waals surface area contributed by atoms with E-state index in [0.717, 1.165) is 0 Å². The minimum absolute atomic E-state index is 0.0463. The van der Waals surface area contributed by atoms with Crippen LogP contribution in [0.1, 0.15) is 20.8 Å². The molecule has 2 nitrogen and oxygen atoms in total. The molecule has 0 spiro atoms. The van der Waals surface area contributed by atoms with Gasteiger partial charge in [0.15, 0.2) is 5.78 Å². The summed E-state index contributed by atoms with van der Waals surface area (Å²) >= 11 is 0. The third-order valence-corrected chi connectivity index (χ3v) is 2.04. The molecule has 0 fully saturated rings. The molecule has 0 saturated carbocycles. The summed E-state index contributed by atoms with van der Waals surface area (Å²) in [4.78, 5) is 11.2. The molecule has 2 heteroatoms. The van der Waals surface area contributed by atoms with Crippen LogP contribution in [0.5, 0.6) is 0 Å². The van der Waals surface area contributed by atoms with E-state index in [1.165, 1.54) is 6.08 Å². The zero-order valence-corrected chi connectivity index (χ0v) is 7.16. The van der Waals surface area contributed by atoms with E-state index in [-0.39, 0.29) is 17.1 Å². The molecule has 0 bridgehead atoms. The van der Waals surface area contributed by atoms with Crippen LogP contribution in [0, 0.1) is 11.3 Å². The Morgan fingerprint density at radius 2 is 2.00 bits per heavy atom. The van der Waals surface area contributed by atoms with Gasteiger partial charge < -0.3 is 5.11 Å². The van der Waals surface area contributed by atoms with Crippen LogP contribution in [0.15, 0.2) is 12.2 Å². The molecule has 1 N–H and O–H groups in total. The highest BCUT2D eigenvalue weighted by Gasteiger charge is 2.37. The summed E-state index contributed by atoms with van der Waals surface area (Å²) in [6.07, 6.45) is 2.46. The van der Waals surface area contributed by atoms with Gasteiger partial charge >= 0.3 is 0 Å². The van der Waals surface area contributed by atoms with Gasteiger partial charge in [-0.15, -0.1) is 0 Å². The molecule has 1 aliphatic rings. The van der Waals surface area contributed by atoms with Crippen molar-refractivity contribution in [2.24, 2.45) is 11.3 Å². The van der Waals surface area contributed by atoms with Crippen molar-refractivity contribution in [2.45, 2.75) is 26.9 Å². The van der Waals surface area contributed by atoms with Crippen molar-refractivity contribution in [3.8, 4) is 0 Å². The fourth-order valence-corrected chi connectivity index (χ4v) is 1.52. The van der Waals surface area contributed by atoms with E-state index in [0.29, 0.717) is 0 Å². The first-order valence-corrected chi connectivity index (χ1v) is 3.83. The topological polar surface area (TPSA) is 37.3 Å². The van der Waals surface area contributed by atoms with Crippen molar-refractivity contribution in [3.05, 3.63) is 12.2 Å². The first-order chi connectivity index (χ1) is 4.93. The van der Waals surface area contributed by atoms with E-state index in [2.05, 4.69) is 0 Å². The lowest BCUT2D eigenvalue weighted by Gasteiger charge is -2.27. The first kappa shape index (κ1) is 8.47. The highest BCUT2D eigenvalue weighted by molar-refractivity contribution is 5.95. The second kappa shape index (κ2) is 2.45. The standard InChI is InChI=1S/C9H14O2/c1-9(2,3)8-6(10)4-5-7(8)11/h4-6,8,10H,1-3H3/t6-,8+/m1/s1. The molecule has 0 saturated heterocycles. The molecule has 2 atom stereocenters. The Labute approximate surface area is 66.9 Å². The van der Waals surface area contributed by atoms with Crippen LogP contribution in [-0.4, -0.2) is 17.0 Å². The molecule has 0 aliphatic heterocycles. The van der Waals surface area contributed by atoms with Crippen LogP contribution in [0.4, 0.5) is 0 Å². The van der Waals surface area contributed by atoms with Crippen LogP contribution in [-0.2, 0) is 4.79 Å². The molecule has 0 heterocycles. The van der Waals surface area contributed by atoms with Crippen LogP contribution < -0.4 is 0 Å². The largest absolute Gasteiger partial charge is 0.388 e. The Balaban J connectivity index is 2.82. The fraction of sp³-hybridized carbons (Fsp3) is 0.667. The molecule has 0 unspecified atom stereocenters. The lowest BCUT2D eigenvalue weighted by Crippen LogP contribution is -2.32. The van der Waals surface area contributed by atoms with Gasteiger partial charge in [-0.25, -0.2) is 0 Å². The average Bonchev–Trinajstić information content (AvgIpc) is 2.08. The predicted molar refractivity (Wildman–Crippen MR) is 43.1 cm³/mol. The summed E-state index contributed by atoms with van der Waals surface area (Å²) in [5, 5.41) is 9.39. The summed E-state index contributed by atoms with van der Waals surface area (Å²) in [5.74, 6) is -0.201. The van der Waals surface area contributed by atoms with Gasteiger partial charge in [0.05, 0.1) is 12.0 Å². The van der Waals surface area contributed by atoms with Crippen LogP contribution >= 0.6 is 0 Å². The molecular formula is C9H14O2. The van der Waals surface area contributed by atoms with Gasteiger partial charge in [0.25, 0.3) is 0 Å². The van der Waals surface area contributed by atoms with Crippen LogP contribution in [0.3, 0.4) is 0 Å². The SMILES string of the molecule is CC(C)(C)[C@@H]1C(=O)C=C[C@H]1O. The first-order valence-electron chi connectivity index (χ1n) is 3.83. The summed E-state index contributed by atoms with van der Waals surface area (Å²) in [7, 11) is 0. The van der Waals surface area contributed by atoms with Crippen LogP contribution in [0.25, 0.3) is 0 Å². The Morgan fingerprint density at radius 1 is 1.45 bits per heavy atom. The normalized spacial score (nSPS) is 31.5. The van der Waals surface area contributed by atoms with Gasteiger partial charge in [0.1, 0.15) is 0 Å². The Hall–Kier alpha value is -0.630. The van der Waals surface area contributed by atoms with E-state index in [1.54, 1.807) is 6.08 Å². The molecular weight excluding hydrogens is 140 g/mol. The number of carbonyl (C=O) groups is 1. The molecule has 0 aromatic heterocycles. The molecule has 1 rings (SSSR count). The minimum atomic E-state index is -0.581. The van der Waals surface area contributed by atoms with Gasteiger partial charge in [-0.05, 0) is 11.5 Å². The molecule has 1 aliphatic carbocycles. The highest BCUT2D eigenvalue weighted by atomic mass is 16.3. The lowest BCUT2D eigenvalue weighted by molar-refractivity contribution is -0.123. The van der Waals surface area contributed by atoms with E-state index >= 15 is 0 Å².